The van der Waals surface area contributed by atoms with Crippen molar-refractivity contribution in [2.45, 2.75) is 38.7 Å². The maximum atomic E-state index is 11.7. The van der Waals surface area contributed by atoms with Gasteiger partial charge in [-0.25, -0.2) is 13.2 Å². The molecule has 0 spiro atoms. The van der Waals surface area contributed by atoms with Crippen molar-refractivity contribution in [3.8, 4) is 0 Å². The lowest BCUT2D eigenvalue weighted by atomic mass is 10.1. The maximum Gasteiger partial charge on any atom is 0.374 e. The molecule has 1 unspecified atom stereocenters. The van der Waals surface area contributed by atoms with Crippen LogP contribution in [0.15, 0.2) is 15.4 Å². The summed E-state index contributed by atoms with van der Waals surface area (Å²) in [5.41, 5.74) is 0. The van der Waals surface area contributed by atoms with Crippen molar-refractivity contribution in [2.24, 2.45) is 5.92 Å². The molecule has 1 rings (SSSR count). The second-order valence-electron chi connectivity index (χ2n) is 4.32. The Bertz CT molecular complexity index is 544. The van der Waals surface area contributed by atoms with Crippen LogP contribution in [-0.2, 0) is 13.8 Å². The quantitative estimate of drug-likeness (QED) is 0.630. The lowest BCUT2D eigenvalue weighted by Crippen LogP contribution is -2.19. The zero-order valence-corrected chi connectivity index (χ0v) is 12.1. The number of halogens is 1. The van der Waals surface area contributed by atoms with Crippen molar-refractivity contribution in [3.63, 3.8) is 0 Å². The molecule has 1 heterocycles. The first-order valence-corrected chi connectivity index (χ1v) is 7.70. The molecule has 0 aliphatic heterocycles. The van der Waals surface area contributed by atoms with Crippen LogP contribution in [0, 0.1) is 12.8 Å². The van der Waals surface area contributed by atoms with Gasteiger partial charge in [-0.3, -0.25) is 0 Å². The Morgan fingerprint density at radius 3 is 2.33 bits per heavy atom. The lowest BCUT2D eigenvalue weighted by molar-refractivity contribution is 0.0202. The maximum absolute atomic E-state index is 11.7. The highest BCUT2D eigenvalue weighted by Crippen LogP contribution is 2.24. The van der Waals surface area contributed by atoms with Gasteiger partial charge >= 0.3 is 5.97 Å². The monoisotopic (exact) mass is 294 g/mol. The molecule has 1 atom stereocenters. The summed E-state index contributed by atoms with van der Waals surface area (Å²) in [4.78, 5) is 11.5. The van der Waals surface area contributed by atoms with E-state index >= 15 is 0 Å². The van der Waals surface area contributed by atoms with Crippen LogP contribution < -0.4 is 0 Å². The van der Waals surface area contributed by atoms with Crippen LogP contribution in [0.3, 0.4) is 0 Å². The van der Waals surface area contributed by atoms with Gasteiger partial charge in [0.2, 0.25) is 5.76 Å². The van der Waals surface area contributed by atoms with E-state index in [9.17, 15) is 13.2 Å². The average Bonchev–Trinajstić information content (AvgIpc) is 2.59. The molecule has 0 aliphatic rings. The third-order valence-electron chi connectivity index (χ3n) is 2.57. The summed E-state index contributed by atoms with van der Waals surface area (Å²) in [7, 11) is 1.28. The molecule has 0 saturated heterocycles. The highest BCUT2D eigenvalue weighted by molar-refractivity contribution is 8.13. The molecule has 0 N–H and O–H groups in total. The van der Waals surface area contributed by atoms with Crippen LogP contribution in [0.4, 0.5) is 0 Å². The minimum Gasteiger partial charge on any atom is -0.457 e. The van der Waals surface area contributed by atoms with E-state index in [1.165, 1.54) is 6.92 Å². The number of esters is 1. The molecule has 7 heteroatoms. The second kappa shape index (κ2) is 5.32. The largest absolute Gasteiger partial charge is 0.457 e. The van der Waals surface area contributed by atoms with Crippen molar-refractivity contribution in [2.75, 3.05) is 0 Å². The van der Waals surface area contributed by atoms with Crippen LogP contribution in [0.1, 0.15) is 37.1 Å². The molecular formula is C11H15ClO5S. The second-order valence-corrected chi connectivity index (χ2v) is 6.86. The summed E-state index contributed by atoms with van der Waals surface area (Å²) in [5.74, 6) is -0.652. The van der Waals surface area contributed by atoms with Crippen LogP contribution in [-0.4, -0.2) is 20.5 Å². The number of carbonyl (C=O) groups is 1. The van der Waals surface area contributed by atoms with E-state index in [1.807, 2.05) is 13.8 Å². The van der Waals surface area contributed by atoms with Crippen LogP contribution in [0.5, 0.6) is 0 Å². The number of carbonyl (C=O) groups excluding carboxylic acids is 1. The van der Waals surface area contributed by atoms with E-state index in [-0.39, 0.29) is 28.4 Å². The van der Waals surface area contributed by atoms with Crippen LogP contribution in [0.25, 0.3) is 0 Å². The number of rotatable bonds is 4. The molecule has 0 aliphatic carbocycles. The first-order chi connectivity index (χ1) is 8.12. The van der Waals surface area contributed by atoms with Gasteiger partial charge in [0, 0.05) is 16.7 Å². The number of furan rings is 1. The fourth-order valence-electron chi connectivity index (χ4n) is 1.17. The third-order valence-corrected chi connectivity index (χ3v) is 4.00. The smallest absolute Gasteiger partial charge is 0.374 e. The predicted octanol–water partition coefficient (Wildman–Crippen LogP) is 2.72. The van der Waals surface area contributed by atoms with E-state index < -0.39 is 15.0 Å². The Kier molecular flexibility index (Phi) is 4.45. The van der Waals surface area contributed by atoms with Gasteiger partial charge in [-0.1, -0.05) is 13.8 Å². The van der Waals surface area contributed by atoms with Crippen molar-refractivity contribution in [3.05, 3.63) is 17.6 Å². The molecule has 1 aromatic rings. The molecule has 18 heavy (non-hydrogen) atoms. The van der Waals surface area contributed by atoms with E-state index in [0.717, 1.165) is 6.07 Å². The molecule has 0 bridgehead atoms. The molecule has 1 aromatic heterocycles. The van der Waals surface area contributed by atoms with E-state index in [0.29, 0.717) is 0 Å². The normalized spacial score (nSPS) is 13.7. The number of hydrogen-bond donors (Lipinski definition) is 0. The minimum absolute atomic E-state index is 0.0640. The van der Waals surface area contributed by atoms with Gasteiger partial charge in [-0.05, 0) is 19.8 Å². The number of ether oxygens (including phenoxy) is 1. The first kappa shape index (κ1) is 15.0. The highest BCUT2D eigenvalue weighted by atomic mass is 35.7. The van der Waals surface area contributed by atoms with Gasteiger partial charge in [-0.15, -0.1) is 0 Å². The van der Waals surface area contributed by atoms with E-state index in [4.69, 9.17) is 19.8 Å². The molecule has 5 nitrogen and oxygen atoms in total. The summed E-state index contributed by atoms with van der Waals surface area (Å²) in [5, 5.41) is 0. The first-order valence-electron chi connectivity index (χ1n) is 5.39. The van der Waals surface area contributed by atoms with Gasteiger partial charge in [0.25, 0.3) is 9.05 Å². The summed E-state index contributed by atoms with van der Waals surface area (Å²) in [6, 6.07) is 1.08. The van der Waals surface area contributed by atoms with Gasteiger partial charge in [0.1, 0.15) is 16.8 Å². The van der Waals surface area contributed by atoms with Crippen LogP contribution >= 0.6 is 10.7 Å². The molecule has 0 aromatic carbocycles. The molecular weight excluding hydrogens is 280 g/mol. The summed E-state index contributed by atoms with van der Waals surface area (Å²) in [6.07, 6.45) is -0.293. The van der Waals surface area contributed by atoms with Gasteiger partial charge in [0.15, 0.2) is 0 Å². The van der Waals surface area contributed by atoms with Crippen LogP contribution in [0.2, 0.25) is 0 Å². The van der Waals surface area contributed by atoms with Gasteiger partial charge < -0.3 is 9.15 Å². The van der Waals surface area contributed by atoms with Crippen molar-refractivity contribution >= 4 is 25.7 Å². The summed E-state index contributed by atoms with van der Waals surface area (Å²) >= 11 is 0. The third kappa shape index (κ3) is 3.49. The van der Waals surface area contributed by atoms with E-state index in [2.05, 4.69) is 0 Å². The standard InChI is InChI=1S/C11H15ClO5S/c1-6(2)7(3)17-11(13)9-5-10(8(4)16-9)18(12,14)15/h5-7H,1-4H3. The van der Waals surface area contributed by atoms with Crippen molar-refractivity contribution < 1.29 is 22.4 Å². The van der Waals surface area contributed by atoms with Crippen molar-refractivity contribution in [1.29, 1.82) is 0 Å². The molecule has 0 amide bonds. The SMILES string of the molecule is Cc1oc(C(=O)OC(C)C(C)C)cc1S(=O)(=O)Cl. The summed E-state index contributed by atoms with van der Waals surface area (Å²) in [6.45, 7) is 6.97. The fraction of sp³-hybridized carbons (Fsp3) is 0.545. The molecule has 102 valence electrons. The Balaban J connectivity index is 2.96. The van der Waals surface area contributed by atoms with Gasteiger partial charge in [0.05, 0.1) is 0 Å². The Morgan fingerprint density at radius 2 is 1.94 bits per heavy atom. The topological polar surface area (TPSA) is 73.6 Å². The summed E-state index contributed by atoms with van der Waals surface area (Å²) < 4.78 is 32.5. The van der Waals surface area contributed by atoms with E-state index in [1.54, 1.807) is 6.92 Å². The molecule has 0 fully saturated rings. The fourth-order valence-corrected chi connectivity index (χ4v) is 2.26. The highest BCUT2D eigenvalue weighted by Gasteiger charge is 2.24. The zero-order valence-electron chi connectivity index (χ0n) is 10.6. The molecule has 0 saturated carbocycles. The number of hydrogen-bond acceptors (Lipinski definition) is 5. The molecule has 0 radical (unpaired) electrons. The number of aryl methyl sites for hydroxylation is 1. The van der Waals surface area contributed by atoms with Gasteiger partial charge in [-0.2, -0.15) is 0 Å². The lowest BCUT2D eigenvalue weighted by Gasteiger charge is -2.15. The zero-order chi connectivity index (χ0) is 14.1. The Hall–Kier alpha value is -1.01. The predicted molar refractivity (Wildman–Crippen MR) is 66.2 cm³/mol. The average molecular weight is 295 g/mol. The Labute approximate surface area is 110 Å². The minimum atomic E-state index is -3.92. The Morgan fingerprint density at radius 1 is 1.39 bits per heavy atom. The van der Waals surface area contributed by atoms with Crippen molar-refractivity contribution in [1.82, 2.24) is 0 Å².